The van der Waals surface area contributed by atoms with E-state index in [4.69, 9.17) is 4.74 Å². The first-order valence-corrected chi connectivity index (χ1v) is 10.5. The molecule has 10 heteroatoms. The van der Waals surface area contributed by atoms with E-state index in [-0.39, 0.29) is 11.4 Å². The Morgan fingerprint density at radius 1 is 1.28 bits per heavy atom. The van der Waals surface area contributed by atoms with E-state index in [0.29, 0.717) is 11.3 Å². The lowest BCUT2D eigenvalue weighted by Gasteiger charge is -2.25. The molecular weight excluding hydrogens is 398 g/mol. The lowest BCUT2D eigenvalue weighted by molar-refractivity contribution is -0.384. The average molecular weight is 421 g/mol. The minimum absolute atomic E-state index is 0.0850. The van der Waals surface area contributed by atoms with Gasteiger partial charge in [0.25, 0.3) is 5.69 Å². The van der Waals surface area contributed by atoms with Crippen molar-refractivity contribution in [1.82, 2.24) is 5.32 Å². The van der Waals surface area contributed by atoms with Crippen LogP contribution in [0.25, 0.3) is 0 Å². The molecule has 0 bridgehead atoms. The maximum atomic E-state index is 12.6. The van der Waals surface area contributed by atoms with Gasteiger partial charge in [0.15, 0.2) is 0 Å². The molecule has 0 radical (unpaired) electrons. The molecule has 0 saturated carbocycles. The van der Waals surface area contributed by atoms with Gasteiger partial charge in [0.1, 0.15) is 12.3 Å². The number of anilines is 1. The number of hydrogen-bond acceptors (Lipinski definition) is 6. The van der Waals surface area contributed by atoms with Crippen LogP contribution in [0.1, 0.15) is 24.1 Å². The fourth-order valence-electron chi connectivity index (χ4n) is 2.88. The van der Waals surface area contributed by atoms with Crippen LogP contribution in [0.3, 0.4) is 0 Å². The highest BCUT2D eigenvalue weighted by molar-refractivity contribution is 7.92. The van der Waals surface area contributed by atoms with Crippen molar-refractivity contribution in [1.29, 1.82) is 0 Å². The van der Waals surface area contributed by atoms with Crippen LogP contribution < -0.4 is 14.4 Å². The molecule has 2 aromatic carbocycles. The van der Waals surface area contributed by atoms with Crippen molar-refractivity contribution >= 4 is 27.3 Å². The maximum Gasteiger partial charge on any atom is 0.271 e. The number of nitrogens with zero attached hydrogens (tertiary/aromatic N) is 2. The fraction of sp³-hybridized carbons (Fsp3) is 0.316. The van der Waals surface area contributed by atoms with Crippen molar-refractivity contribution in [3.05, 3.63) is 63.7 Å². The molecule has 2 aromatic rings. The molecule has 0 spiro atoms. The van der Waals surface area contributed by atoms with Crippen LogP contribution in [-0.2, 0) is 14.8 Å². The molecule has 0 aliphatic rings. The number of aryl methyl sites for hydroxylation is 1. The number of carbonyl (C=O) groups is 1. The van der Waals surface area contributed by atoms with Gasteiger partial charge in [-0.25, -0.2) is 8.42 Å². The van der Waals surface area contributed by atoms with E-state index in [1.807, 2.05) is 0 Å². The van der Waals surface area contributed by atoms with Gasteiger partial charge < -0.3 is 10.1 Å². The molecule has 0 saturated heterocycles. The van der Waals surface area contributed by atoms with Crippen molar-refractivity contribution in [2.24, 2.45) is 0 Å². The Labute approximate surface area is 169 Å². The number of para-hydroxylation sites is 1. The minimum Gasteiger partial charge on any atom is -0.496 e. The van der Waals surface area contributed by atoms with E-state index >= 15 is 0 Å². The molecule has 1 N–H and O–H groups in total. The summed E-state index contributed by atoms with van der Waals surface area (Å²) in [7, 11) is -2.35. The van der Waals surface area contributed by atoms with Crippen molar-refractivity contribution in [3.63, 3.8) is 0 Å². The van der Waals surface area contributed by atoms with E-state index in [2.05, 4.69) is 5.32 Å². The third-order valence-electron chi connectivity index (χ3n) is 4.34. The summed E-state index contributed by atoms with van der Waals surface area (Å²) in [5, 5.41) is 13.8. The number of nitro benzene ring substituents is 1. The zero-order valence-corrected chi connectivity index (χ0v) is 17.4. The highest BCUT2D eigenvalue weighted by Crippen LogP contribution is 2.28. The van der Waals surface area contributed by atoms with Gasteiger partial charge in [-0.3, -0.25) is 19.2 Å². The van der Waals surface area contributed by atoms with E-state index < -0.39 is 33.4 Å². The van der Waals surface area contributed by atoms with Crippen LogP contribution in [0.2, 0.25) is 0 Å². The lowest BCUT2D eigenvalue weighted by atomic mass is 10.1. The van der Waals surface area contributed by atoms with Crippen molar-refractivity contribution < 1.29 is 22.9 Å². The fourth-order valence-corrected chi connectivity index (χ4v) is 3.79. The number of non-ortho nitro benzene ring substituents is 1. The summed E-state index contributed by atoms with van der Waals surface area (Å²) < 4.78 is 30.8. The Balaban J connectivity index is 2.29. The second-order valence-electron chi connectivity index (χ2n) is 6.53. The summed E-state index contributed by atoms with van der Waals surface area (Å²) in [6, 6.07) is 10.6. The van der Waals surface area contributed by atoms with E-state index in [0.717, 1.165) is 22.2 Å². The summed E-state index contributed by atoms with van der Waals surface area (Å²) in [5.74, 6) is 0.0366. The standard InChI is InChI=1S/C19H23N3O6S/c1-13-9-10-15(22(24)25)11-17(13)21(29(4,26)27)12-19(23)20-14(2)16-7-5-6-8-18(16)28-3/h5-11,14H,12H2,1-4H3,(H,20,23)/t14-/m1/s1. The number of sulfonamides is 1. The number of methoxy groups -OCH3 is 1. The third kappa shape index (κ3) is 5.44. The largest absolute Gasteiger partial charge is 0.496 e. The van der Waals surface area contributed by atoms with Gasteiger partial charge in [-0.2, -0.15) is 0 Å². The maximum absolute atomic E-state index is 12.6. The summed E-state index contributed by atoms with van der Waals surface area (Å²) in [4.78, 5) is 23.0. The van der Waals surface area contributed by atoms with Gasteiger partial charge in [-0.15, -0.1) is 0 Å². The average Bonchev–Trinajstić information content (AvgIpc) is 2.65. The first-order valence-electron chi connectivity index (χ1n) is 8.69. The highest BCUT2D eigenvalue weighted by atomic mass is 32.2. The summed E-state index contributed by atoms with van der Waals surface area (Å²) in [5.41, 5.74) is 1.05. The number of ether oxygens (including phenoxy) is 1. The minimum atomic E-state index is -3.87. The van der Waals surface area contributed by atoms with E-state index in [1.54, 1.807) is 38.1 Å². The zero-order valence-electron chi connectivity index (χ0n) is 16.6. The van der Waals surface area contributed by atoms with Gasteiger partial charge in [0.2, 0.25) is 15.9 Å². The van der Waals surface area contributed by atoms with Gasteiger partial charge >= 0.3 is 0 Å². The SMILES string of the molecule is COc1ccccc1[C@@H](C)NC(=O)CN(c1cc([N+](=O)[O-])ccc1C)S(C)(=O)=O. The Bertz CT molecular complexity index is 1020. The first-order chi connectivity index (χ1) is 13.5. The Morgan fingerprint density at radius 2 is 1.93 bits per heavy atom. The quantitative estimate of drug-likeness (QED) is 0.517. The van der Waals surface area contributed by atoms with Gasteiger partial charge in [-0.1, -0.05) is 24.3 Å². The molecule has 0 aromatic heterocycles. The molecule has 1 amide bonds. The van der Waals surface area contributed by atoms with E-state index in [1.165, 1.54) is 19.2 Å². The van der Waals surface area contributed by atoms with Crippen LogP contribution in [0.5, 0.6) is 5.75 Å². The molecule has 0 aliphatic heterocycles. The number of benzene rings is 2. The molecule has 0 unspecified atom stereocenters. The Morgan fingerprint density at radius 3 is 2.52 bits per heavy atom. The number of rotatable bonds is 8. The Kier molecular flexibility index (Phi) is 6.80. The van der Waals surface area contributed by atoms with Gasteiger partial charge in [0, 0.05) is 17.7 Å². The molecule has 29 heavy (non-hydrogen) atoms. The smallest absolute Gasteiger partial charge is 0.271 e. The molecule has 2 rings (SSSR count). The number of hydrogen-bond donors (Lipinski definition) is 1. The van der Waals surface area contributed by atoms with Crippen molar-refractivity contribution in [2.45, 2.75) is 19.9 Å². The normalized spacial score (nSPS) is 12.1. The predicted octanol–water partition coefficient (Wildman–Crippen LogP) is 2.56. The zero-order chi connectivity index (χ0) is 21.8. The molecule has 1 atom stereocenters. The summed E-state index contributed by atoms with van der Waals surface area (Å²) in [6.45, 7) is 2.85. The van der Waals surface area contributed by atoms with Crippen molar-refractivity contribution in [3.8, 4) is 5.75 Å². The molecule has 0 aliphatic carbocycles. The van der Waals surface area contributed by atoms with Crippen LogP contribution in [0.4, 0.5) is 11.4 Å². The molecule has 9 nitrogen and oxygen atoms in total. The second-order valence-corrected chi connectivity index (χ2v) is 8.44. The van der Waals surface area contributed by atoms with Crippen LogP contribution in [-0.4, -0.2) is 39.2 Å². The number of amides is 1. The van der Waals surface area contributed by atoms with E-state index in [9.17, 15) is 23.3 Å². The van der Waals surface area contributed by atoms with Crippen LogP contribution in [0.15, 0.2) is 42.5 Å². The summed E-state index contributed by atoms with van der Waals surface area (Å²) >= 11 is 0. The molecule has 0 fully saturated rings. The monoisotopic (exact) mass is 421 g/mol. The number of nitro groups is 1. The molecular formula is C19H23N3O6S. The third-order valence-corrected chi connectivity index (χ3v) is 5.47. The second kappa shape index (κ2) is 8.91. The number of nitrogens with one attached hydrogen (secondary N) is 1. The highest BCUT2D eigenvalue weighted by Gasteiger charge is 2.25. The van der Waals surface area contributed by atoms with Gasteiger partial charge in [-0.05, 0) is 25.5 Å². The molecule has 0 heterocycles. The van der Waals surface area contributed by atoms with Crippen LogP contribution in [0, 0.1) is 17.0 Å². The lowest BCUT2D eigenvalue weighted by Crippen LogP contribution is -2.41. The first kappa shape index (κ1) is 22.2. The number of carbonyl (C=O) groups excluding carboxylic acids is 1. The molecule has 156 valence electrons. The van der Waals surface area contributed by atoms with Crippen LogP contribution >= 0.6 is 0 Å². The Hall–Kier alpha value is -3.14. The van der Waals surface area contributed by atoms with Gasteiger partial charge in [0.05, 0.1) is 30.0 Å². The van der Waals surface area contributed by atoms with Crippen molar-refractivity contribution in [2.75, 3.05) is 24.2 Å². The summed E-state index contributed by atoms with van der Waals surface area (Å²) in [6.07, 6.45) is 0.947. The topological polar surface area (TPSA) is 119 Å². The predicted molar refractivity (Wildman–Crippen MR) is 110 cm³/mol.